The van der Waals surface area contributed by atoms with Gasteiger partial charge in [0.05, 0.1) is 22.8 Å². The summed E-state index contributed by atoms with van der Waals surface area (Å²) in [4.78, 5) is 70.2. The highest BCUT2D eigenvalue weighted by atomic mass is 32.3. The van der Waals surface area contributed by atoms with E-state index in [1.54, 1.807) is 38.1 Å². The molecule has 18 heteroatoms. The van der Waals surface area contributed by atoms with Crippen molar-refractivity contribution in [2.24, 2.45) is 0 Å². The van der Waals surface area contributed by atoms with E-state index < -0.39 is 48.5 Å². The van der Waals surface area contributed by atoms with Crippen molar-refractivity contribution in [3.63, 3.8) is 0 Å². The molecule has 3 atom stereocenters. The topological polar surface area (TPSA) is 218 Å². The van der Waals surface area contributed by atoms with Crippen LogP contribution in [0.25, 0.3) is 11.6 Å². The molecule has 59 heavy (non-hydrogen) atoms. The van der Waals surface area contributed by atoms with Gasteiger partial charge in [0.15, 0.2) is 31.6 Å². The molecule has 5 rings (SSSR count). The van der Waals surface area contributed by atoms with Crippen LogP contribution in [-0.4, -0.2) is 106 Å². The number of carbonyl (C=O) groups excluding carboxylic acids is 5. The second kappa shape index (κ2) is 18.8. The minimum absolute atomic E-state index is 0.0288. The number of aromatic nitrogens is 1. The monoisotopic (exact) mass is 871 g/mol. The second-order valence-electron chi connectivity index (χ2n) is 14.9. The molecule has 0 radical (unpaired) electrons. The van der Waals surface area contributed by atoms with Crippen LogP contribution in [0.2, 0.25) is 0 Å². The van der Waals surface area contributed by atoms with E-state index in [0.29, 0.717) is 74.9 Å². The Hall–Kier alpha value is -4.49. The quantitative estimate of drug-likeness (QED) is 0.0978. The Kier molecular flexibility index (Phi) is 14.6. The van der Waals surface area contributed by atoms with Gasteiger partial charge >= 0.3 is 5.97 Å². The molecule has 2 aliphatic heterocycles. The van der Waals surface area contributed by atoms with Gasteiger partial charge in [0.2, 0.25) is 0 Å². The Labute approximate surface area is 349 Å². The molecule has 3 aromatic rings. The van der Waals surface area contributed by atoms with Crippen LogP contribution in [0, 0.1) is 13.8 Å². The number of thiophene rings is 1. The first-order valence-corrected chi connectivity index (χ1v) is 23.8. The molecule has 4 heterocycles. The summed E-state index contributed by atoms with van der Waals surface area (Å²) in [5.41, 5.74) is 4.94. The Bertz CT molecular complexity index is 2390. The first-order valence-electron chi connectivity index (χ1n) is 19.7. The van der Waals surface area contributed by atoms with Crippen LogP contribution in [0.5, 0.6) is 0 Å². The number of ketones is 2. The summed E-state index contributed by atoms with van der Waals surface area (Å²) in [5, 5.41) is 8.30. The van der Waals surface area contributed by atoms with Crippen LogP contribution in [0.1, 0.15) is 104 Å². The van der Waals surface area contributed by atoms with Crippen LogP contribution < -0.4 is 16.0 Å². The van der Waals surface area contributed by atoms with Crippen molar-refractivity contribution in [2.45, 2.75) is 100.0 Å². The van der Waals surface area contributed by atoms with Crippen LogP contribution in [-0.2, 0) is 50.0 Å². The first kappa shape index (κ1) is 45.6. The van der Waals surface area contributed by atoms with Crippen molar-refractivity contribution in [3.8, 4) is 0 Å². The summed E-state index contributed by atoms with van der Waals surface area (Å²) in [6, 6.07) is 6.08. The SMILES string of the molecule is CCN[C@H]1C[C@H](C)S(=O)(=O)c2sc(S(=O)(=O)CC(=O)[C@H](C)OC(=O)CCC(=O)Cc3ccc4c(c3)/C(=C/c3[nH]c(C)c(C(=O)NCCN(CC)CC)c3C)C(=O)N4)cc21. The van der Waals surface area contributed by atoms with Gasteiger partial charge in [0, 0.05) is 54.6 Å². The number of hydrogen-bond acceptors (Lipinski definition) is 13. The molecular formula is C41H53N5O10S3. The van der Waals surface area contributed by atoms with Gasteiger partial charge in [-0.3, -0.25) is 24.0 Å². The van der Waals surface area contributed by atoms with E-state index in [-0.39, 0.29) is 57.7 Å². The fourth-order valence-electron chi connectivity index (χ4n) is 7.29. The largest absolute Gasteiger partial charge is 0.455 e. The Morgan fingerprint density at radius 1 is 1.08 bits per heavy atom. The van der Waals surface area contributed by atoms with E-state index in [1.165, 1.54) is 13.0 Å². The molecule has 0 spiro atoms. The number of benzene rings is 1. The maximum Gasteiger partial charge on any atom is 0.306 e. The third-order valence-corrected chi connectivity index (χ3v) is 16.9. The van der Waals surface area contributed by atoms with Gasteiger partial charge in [-0.05, 0) is 94.7 Å². The van der Waals surface area contributed by atoms with Gasteiger partial charge < -0.3 is 30.6 Å². The van der Waals surface area contributed by atoms with Crippen molar-refractivity contribution in [2.75, 3.05) is 43.8 Å². The number of hydrogen-bond donors (Lipinski definition) is 4. The Balaban J connectivity index is 1.17. The highest BCUT2D eigenvalue weighted by Gasteiger charge is 2.40. The number of nitrogens with one attached hydrogen (secondary N) is 4. The van der Waals surface area contributed by atoms with E-state index in [2.05, 4.69) is 39.7 Å². The molecule has 320 valence electrons. The number of carbonyl (C=O) groups is 5. The number of H-pyrrole nitrogens is 1. The molecule has 2 aliphatic rings. The summed E-state index contributed by atoms with van der Waals surface area (Å²) < 4.78 is 57.4. The molecule has 0 unspecified atom stereocenters. The maximum absolute atomic E-state index is 13.3. The lowest BCUT2D eigenvalue weighted by atomic mass is 9.98. The zero-order valence-electron chi connectivity index (χ0n) is 34.4. The van der Waals surface area contributed by atoms with Gasteiger partial charge in [-0.1, -0.05) is 26.8 Å². The van der Waals surface area contributed by atoms with E-state index >= 15 is 0 Å². The normalized spacial score (nSPS) is 18.3. The molecule has 4 N–H and O–H groups in total. The predicted molar refractivity (Wildman–Crippen MR) is 226 cm³/mol. The fraction of sp³-hybridized carbons (Fsp3) is 0.488. The predicted octanol–water partition coefficient (Wildman–Crippen LogP) is 4.34. The Morgan fingerprint density at radius 2 is 1.80 bits per heavy atom. The number of Topliss-reactive ketones (excluding diaryl/α,β-unsaturated/α-hetero) is 2. The molecule has 15 nitrogen and oxygen atoms in total. The number of likely N-dealkylation sites (N-methyl/N-ethyl adjacent to an activating group) is 1. The van der Waals surface area contributed by atoms with Gasteiger partial charge in [-0.25, -0.2) is 16.8 Å². The summed E-state index contributed by atoms with van der Waals surface area (Å²) in [5.74, 6) is -3.60. The first-order chi connectivity index (χ1) is 27.8. The average molecular weight is 872 g/mol. The molecule has 2 aromatic heterocycles. The van der Waals surface area contributed by atoms with Gasteiger partial charge in [0.1, 0.15) is 20.0 Å². The van der Waals surface area contributed by atoms with Crippen molar-refractivity contribution >= 4 is 77.7 Å². The zero-order chi connectivity index (χ0) is 43.4. The third-order valence-electron chi connectivity index (χ3n) is 10.8. The number of sulfone groups is 2. The number of anilines is 1. The van der Waals surface area contributed by atoms with E-state index in [0.717, 1.165) is 19.6 Å². The number of nitrogens with zero attached hydrogens (tertiary/aromatic N) is 1. The smallest absolute Gasteiger partial charge is 0.306 e. The van der Waals surface area contributed by atoms with Crippen molar-refractivity contribution < 1.29 is 45.5 Å². The minimum atomic E-state index is -4.26. The van der Waals surface area contributed by atoms with Crippen molar-refractivity contribution in [1.29, 1.82) is 0 Å². The lowest BCUT2D eigenvalue weighted by Gasteiger charge is -2.27. The number of esters is 1. The van der Waals surface area contributed by atoms with Gasteiger partial charge in [-0.2, -0.15) is 0 Å². The van der Waals surface area contributed by atoms with E-state index in [9.17, 15) is 40.8 Å². The number of amides is 2. The molecule has 1 aromatic carbocycles. The van der Waals surface area contributed by atoms with Crippen LogP contribution in [0.3, 0.4) is 0 Å². The van der Waals surface area contributed by atoms with Crippen molar-refractivity contribution in [3.05, 3.63) is 63.5 Å². The summed E-state index contributed by atoms with van der Waals surface area (Å²) in [6.07, 6.45) is -0.0756. The average Bonchev–Trinajstić information content (AvgIpc) is 3.85. The fourth-order valence-corrected chi connectivity index (χ4v) is 12.7. The molecule has 0 fully saturated rings. The number of aromatic amines is 1. The third kappa shape index (κ3) is 10.3. The summed E-state index contributed by atoms with van der Waals surface area (Å²) in [6.45, 7) is 16.0. The zero-order valence-corrected chi connectivity index (χ0v) is 36.9. The van der Waals surface area contributed by atoms with Crippen LogP contribution >= 0.6 is 11.3 Å². The van der Waals surface area contributed by atoms with Crippen LogP contribution in [0.15, 0.2) is 32.7 Å². The Morgan fingerprint density at radius 3 is 2.47 bits per heavy atom. The molecule has 0 saturated heterocycles. The van der Waals surface area contributed by atoms with E-state index in [1.807, 2.05) is 13.8 Å². The lowest BCUT2D eigenvalue weighted by Crippen LogP contribution is -2.35. The van der Waals surface area contributed by atoms with Gasteiger partial charge in [0.25, 0.3) is 11.8 Å². The highest BCUT2D eigenvalue weighted by Crippen LogP contribution is 2.43. The molecule has 0 aliphatic carbocycles. The molecule has 0 saturated carbocycles. The van der Waals surface area contributed by atoms with E-state index in [4.69, 9.17) is 4.74 Å². The summed E-state index contributed by atoms with van der Waals surface area (Å²) in [7, 11) is -8.00. The second-order valence-corrected chi connectivity index (χ2v) is 20.8. The summed E-state index contributed by atoms with van der Waals surface area (Å²) >= 11 is 0.623. The minimum Gasteiger partial charge on any atom is -0.455 e. The van der Waals surface area contributed by atoms with Gasteiger partial charge in [-0.15, -0.1) is 11.3 Å². The number of fused-ring (bicyclic) bond motifs is 2. The van der Waals surface area contributed by atoms with Crippen LogP contribution in [0.4, 0.5) is 5.69 Å². The van der Waals surface area contributed by atoms with Crippen molar-refractivity contribution in [1.82, 2.24) is 20.5 Å². The lowest BCUT2D eigenvalue weighted by molar-refractivity contribution is -0.153. The molecule has 0 bridgehead atoms. The maximum atomic E-state index is 13.3. The molecule has 2 amide bonds. The molecular weight excluding hydrogens is 819 g/mol. The number of aryl methyl sites for hydroxylation is 1. The highest BCUT2D eigenvalue weighted by molar-refractivity contribution is 7.96. The standard InChI is InChI=1S/C41H53N5O10S3/c1-8-42-34-17-23(4)59(54,55)41-31(34)21-37(57-41)58(52,53)22-35(48)26(7)56-36(49)14-12-28(47)18-27-11-13-32-29(19-27)30(39(50)45-32)20-33-24(5)38(25(6)44-33)40(51)43-15-16-46(9-2)10-3/h11,13,19-21,23,26,34,42,44H,8-10,12,14-18,22H2,1-7H3,(H,43,51)(H,45,50)/b30-20-/t23-,26-,34-/m0/s1. The number of ether oxygens (including phenoxy) is 1. The number of rotatable bonds is 19.